The minimum absolute atomic E-state index is 0.314. The van der Waals surface area contributed by atoms with Gasteiger partial charge >= 0.3 is 0 Å². The SMILES string of the molecule is Cc1ccccc1Cn1cc(N)c(-c2ccccc2F)n1. The first-order valence-corrected chi connectivity index (χ1v) is 6.77. The summed E-state index contributed by atoms with van der Waals surface area (Å²) in [6.07, 6.45) is 1.74. The Morgan fingerprint density at radius 3 is 2.57 bits per heavy atom. The Bertz CT molecular complexity index is 777. The van der Waals surface area contributed by atoms with Crippen LogP contribution in [0.1, 0.15) is 11.1 Å². The van der Waals surface area contributed by atoms with E-state index in [-0.39, 0.29) is 5.82 Å². The van der Waals surface area contributed by atoms with Crippen LogP contribution >= 0.6 is 0 Å². The minimum atomic E-state index is -0.314. The average molecular weight is 281 g/mol. The number of nitrogens with two attached hydrogens (primary N) is 1. The number of aromatic nitrogens is 2. The van der Waals surface area contributed by atoms with E-state index in [1.54, 1.807) is 29.1 Å². The van der Waals surface area contributed by atoms with Crippen molar-refractivity contribution < 1.29 is 4.39 Å². The molecule has 0 spiro atoms. The van der Waals surface area contributed by atoms with Gasteiger partial charge in [0.1, 0.15) is 11.5 Å². The molecular weight excluding hydrogens is 265 g/mol. The summed E-state index contributed by atoms with van der Waals surface area (Å²) in [6, 6.07) is 14.6. The van der Waals surface area contributed by atoms with Gasteiger partial charge in [0.15, 0.2) is 0 Å². The van der Waals surface area contributed by atoms with Gasteiger partial charge in [0, 0.05) is 11.8 Å². The molecule has 4 heteroatoms. The molecule has 1 heterocycles. The second-order valence-corrected chi connectivity index (χ2v) is 5.04. The highest BCUT2D eigenvalue weighted by molar-refractivity contribution is 5.72. The van der Waals surface area contributed by atoms with E-state index in [4.69, 9.17) is 5.73 Å². The number of nitrogens with zero attached hydrogens (tertiary/aromatic N) is 2. The van der Waals surface area contributed by atoms with Gasteiger partial charge in [-0.1, -0.05) is 36.4 Å². The summed E-state index contributed by atoms with van der Waals surface area (Å²) in [5, 5.41) is 4.43. The third-order valence-corrected chi connectivity index (χ3v) is 3.51. The van der Waals surface area contributed by atoms with Gasteiger partial charge in [-0.3, -0.25) is 4.68 Å². The van der Waals surface area contributed by atoms with E-state index < -0.39 is 0 Å². The Hall–Kier alpha value is -2.62. The van der Waals surface area contributed by atoms with Gasteiger partial charge in [0.25, 0.3) is 0 Å². The van der Waals surface area contributed by atoms with E-state index in [1.165, 1.54) is 17.2 Å². The van der Waals surface area contributed by atoms with Gasteiger partial charge in [-0.05, 0) is 30.2 Å². The number of rotatable bonds is 3. The van der Waals surface area contributed by atoms with Gasteiger partial charge < -0.3 is 5.73 Å². The summed E-state index contributed by atoms with van der Waals surface area (Å²) in [7, 11) is 0. The first kappa shape index (κ1) is 13.4. The van der Waals surface area contributed by atoms with Gasteiger partial charge in [0.05, 0.1) is 12.2 Å². The van der Waals surface area contributed by atoms with E-state index in [1.807, 2.05) is 12.1 Å². The Labute approximate surface area is 122 Å². The molecule has 0 aliphatic rings. The summed E-state index contributed by atoms with van der Waals surface area (Å²) >= 11 is 0. The highest BCUT2D eigenvalue weighted by Crippen LogP contribution is 2.26. The lowest BCUT2D eigenvalue weighted by atomic mass is 10.1. The molecule has 0 unspecified atom stereocenters. The summed E-state index contributed by atoms with van der Waals surface area (Å²) < 4.78 is 15.6. The van der Waals surface area contributed by atoms with Crippen LogP contribution in [0.2, 0.25) is 0 Å². The van der Waals surface area contributed by atoms with Crippen LogP contribution in [0.5, 0.6) is 0 Å². The fourth-order valence-corrected chi connectivity index (χ4v) is 2.34. The zero-order chi connectivity index (χ0) is 14.8. The molecule has 2 aromatic carbocycles. The molecule has 3 rings (SSSR count). The molecule has 0 aliphatic carbocycles. The number of hydrogen-bond acceptors (Lipinski definition) is 2. The zero-order valence-corrected chi connectivity index (χ0v) is 11.8. The van der Waals surface area contributed by atoms with E-state index >= 15 is 0 Å². The summed E-state index contributed by atoms with van der Waals surface area (Å²) in [4.78, 5) is 0. The summed E-state index contributed by atoms with van der Waals surface area (Å²) in [5.41, 5.74) is 9.74. The number of anilines is 1. The molecule has 0 amide bonds. The Morgan fingerprint density at radius 1 is 1.10 bits per heavy atom. The third kappa shape index (κ3) is 2.65. The molecule has 3 nitrogen and oxygen atoms in total. The number of aryl methyl sites for hydroxylation is 1. The van der Waals surface area contributed by atoms with Crippen LogP contribution in [-0.4, -0.2) is 9.78 Å². The third-order valence-electron chi connectivity index (χ3n) is 3.51. The Balaban J connectivity index is 1.96. The van der Waals surface area contributed by atoms with Crippen LogP contribution in [0.4, 0.5) is 10.1 Å². The highest BCUT2D eigenvalue weighted by Gasteiger charge is 2.12. The molecule has 1 aromatic heterocycles. The van der Waals surface area contributed by atoms with Crippen LogP contribution in [0.25, 0.3) is 11.3 Å². The molecule has 0 saturated heterocycles. The van der Waals surface area contributed by atoms with Crippen LogP contribution in [-0.2, 0) is 6.54 Å². The number of hydrogen-bond donors (Lipinski definition) is 1. The lowest BCUT2D eigenvalue weighted by molar-refractivity contribution is 0.628. The molecule has 0 fully saturated rings. The standard InChI is InChI=1S/C17H16FN3/c1-12-6-2-3-7-13(12)10-21-11-16(19)17(20-21)14-8-4-5-9-15(14)18/h2-9,11H,10,19H2,1H3. The van der Waals surface area contributed by atoms with Crippen LogP contribution in [0, 0.1) is 12.7 Å². The minimum Gasteiger partial charge on any atom is -0.396 e. The van der Waals surface area contributed by atoms with E-state index in [0.717, 1.165) is 0 Å². The van der Waals surface area contributed by atoms with Crippen molar-refractivity contribution in [2.24, 2.45) is 0 Å². The topological polar surface area (TPSA) is 43.8 Å². The molecular formula is C17H16FN3. The predicted octanol–water partition coefficient (Wildman–Crippen LogP) is 3.63. The van der Waals surface area contributed by atoms with Gasteiger partial charge in [-0.25, -0.2) is 4.39 Å². The van der Waals surface area contributed by atoms with Crippen molar-refractivity contribution in [2.75, 3.05) is 5.73 Å². The molecule has 0 saturated carbocycles. The summed E-state index contributed by atoms with van der Waals surface area (Å²) in [6.45, 7) is 2.67. The lowest BCUT2D eigenvalue weighted by Crippen LogP contribution is -2.02. The van der Waals surface area contributed by atoms with Crippen molar-refractivity contribution in [3.63, 3.8) is 0 Å². The molecule has 0 atom stereocenters. The number of halogens is 1. The molecule has 21 heavy (non-hydrogen) atoms. The van der Waals surface area contributed by atoms with Crippen molar-refractivity contribution in [1.29, 1.82) is 0 Å². The molecule has 106 valence electrons. The Kier molecular flexibility index (Phi) is 3.44. The van der Waals surface area contributed by atoms with Crippen molar-refractivity contribution >= 4 is 5.69 Å². The van der Waals surface area contributed by atoms with Crippen molar-refractivity contribution in [3.8, 4) is 11.3 Å². The van der Waals surface area contributed by atoms with Crippen LogP contribution in [0.3, 0.4) is 0 Å². The molecule has 3 aromatic rings. The van der Waals surface area contributed by atoms with Gasteiger partial charge in [-0.15, -0.1) is 0 Å². The monoisotopic (exact) mass is 281 g/mol. The van der Waals surface area contributed by atoms with Crippen molar-refractivity contribution in [3.05, 3.63) is 71.7 Å². The van der Waals surface area contributed by atoms with Crippen LogP contribution in [0.15, 0.2) is 54.7 Å². The fraction of sp³-hybridized carbons (Fsp3) is 0.118. The van der Waals surface area contributed by atoms with Crippen molar-refractivity contribution in [1.82, 2.24) is 9.78 Å². The normalized spacial score (nSPS) is 10.8. The second-order valence-electron chi connectivity index (χ2n) is 5.04. The van der Waals surface area contributed by atoms with Gasteiger partial charge in [0.2, 0.25) is 0 Å². The average Bonchev–Trinajstić information content (AvgIpc) is 2.83. The molecule has 0 radical (unpaired) electrons. The van der Waals surface area contributed by atoms with E-state index in [2.05, 4.69) is 24.2 Å². The molecule has 0 aliphatic heterocycles. The fourth-order valence-electron chi connectivity index (χ4n) is 2.34. The maximum atomic E-state index is 13.9. The first-order valence-electron chi connectivity index (χ1n) is 6.77. The Morgan fingerprint density at radius 2 is 1.81 bits per heavy atom. The lowest BCUT2D eigenvalue weighted by Gasteiger charge is -2.05. The number of nitrogen functional groups attached to an aromatic ring is 1. The first-order chi connectivity index (χ1) is 10.1. The molecule has 2 N–H and O–H groups in total. The smallest absolute Gasteiger partial charge is 0.132 e. The molecule has 0 bridgehead atoms. The quantitative estimate of drug-likeness (QED) is 0.796. The van der Waals surface area contributed by atoms with E-state index in [9.17, 15) is 4.39 Å². The van der Waals surface area contributed by atoms with Gasteiger partial charge in [-0.2, -0.15) is 5.10 Å². The second kappa shape index (κ2) is 5.40. The number of benzene rings is 2. The predicted molar refractivity (Wildman–Crippen MR) is 82.3 cm³/mol. The van der Waals surface area contributed by atoms with E-state index in [0.29, 0.717) is 23.5 Å². The maximum absolute atomic E-state index is 13.9. The van der Waals surface area contributed by atoms with Crippen LogP contribution < -0.4 is 5.73 Å². The van der Waals surface area contributed by atoms with Crippen molar-refractivity contribution in [2.45, 2.75) is 13.5 Å². The maximum Gasteiger partial charge on any atom is 0.132 e. The highest BCUT2D eigenvalue weighted by atomic mass is 19.1. The summed E-state index contributed by atoms with van der Waals surface area (Å²) in [5.74, 6) is -0.314. The largest absolute Gasteiger partial charge is 0.396 e. The zero-order valence-electron chi connectivity index (χ0n) is 11.8.